The number of thioether (sulfide) groups is 1. The van der Waals surface area contributed by atoms with Crippen molar-refractivity contribution < 1.29 is 9.59 Å². The maximum atomic E-state index is 11.5. The Balaban J connectivity index is 1.81. The Bertz CT molecular complexity index is 389. The Labute approximate surface area is 105 Å². The molecule has 0 saturated carbocycles. The fourth-order valence-corrected chi connectivity index (χ4v) is 2.68. The summed E-state index contributed by atoms with van der Waals surface area (Å²) < 4.78 is 0. The Morgan fingerprint density at radius 2 is 1.71 bits per heavy atom. The minimum absolute atomic E-state index is 0.0186. The summed E-state index contributed by atoms with van der Waals surface area (Å²) >= 11 is 1.67. The van der Waals surface area contributed by atoms with Crippen molar-refractivity contribution in [2.24, 2.45) is 0 Å². The van der Waals surface area contributed by atoms with Crippen molar-refractivity contribution in [3.8, 4) is 0 Å². The zero-order chi connectivity index (χ0) is 12.1. The minimum Gasteiger partial charge on any atom is -0.282 e. The van der Waals surface area contributed by atoms with E-state index in [0.717, 1.165) is 5.75 Å². The molecule has 2 amide bonds. The summed E-state index contributed by atoms with van der Waals surface area (Å²) in [7, 11) is 0. The molecule has 2 rings (SSSR count). The fraction of sp³-hybridized carbons (Fsp3) is 0.385. The summed E-state index contributed by atoms with van der Waals surface area (Å²) in [5.74, 6) is 0.728. The summed E-state index contributed by atoms with van der Waals surface area (Å²) in [6.45, 7) is 0.525. The van der Waals surface area contributed by atoms with Crippen LogP contribution in [0.2, 0.25) is 0 Å². The van der Waals surface area contributed by atoms with E-state index < -0.39 is 0 Å². The SMILES string of the molecule is O=C1CCCC(=O)N1CCSc1ccccc1. The van der Waals surface area contributed by atoms with E-state index in [-0.39, 0.29) is 11.8 Å². The normalized spacial score (nSPS) is 16.4. The van der Waals surface area contributed by atoms with Gasteiger partial charge in [0.05, 0.1) is 0 Å². The monoisotopic (exact) mass is 249 g/mol. The van der Waals surface area contributed by atoms with Crippen LogP contribution in [-0.4, -0.2) is 29.0 Å². The van der Waals surface area contributed by atoms with Crippen LogP contribution >= 0.6 is 11.8 Å². The van der Waals surface area contributed by atoms with Gasteiger partial charge in [0, 0.05) is 30.0 Å². The highest BCUT2D eigenvalue weighted by molar-refractivity contribution is 7.99. The zero-order valence-corrected chi connectivity index (χ0v) is 10.4. The average molecular weight is 249 g/mol. The lowest BCUT2D eigenvalue weighted by Crippen LogP contribution is -2.41. The summed E-state index contributed by atoms with van der Waals surface area (Å²) in [5, 5.41) is 0. The maximum Gasteiger partial charge on any atom is 0.229 e. The number of amides is 2. The predicted molar refractivity (Wildman–Crippen MR) is 67.7 cm³/mol. The van der Waals surface area contributed by atoms with Crippen molar-refractivity contribution in [2.75, 3.05) is 12.3 Å². The van der Waals surface area contributed by atoms with Gasteiger partial charge in [-0.1, -0.05) is 18.2 Å². The van der Waals surface area contributed by atoms with Gasteiger partial charge in [-0.15, -0.1) is 11.8 Å². The first kappa shape index (κ1) is 12.2. The van der Waals surface area contributed by atoms with Crippen molar-refractivity contribution in [1.82, 2.24) is 4.90 Å². The standard InChI is InChI=1S/C13H15NO2S/c15-12-7-4-8-13(16)14(12)9-10-17-11-5-2-1-3-6-11/h1-3,5-6H,4,7-10H2. The third kappa shape index (κ3) is 3.33. The smallest absolute Gasteiger partial charge is 0.229 e. The molecule has 17 heavy (non-hydrogen) atoms. The molecule has 1 aromatic carbocycles. The number of rotatable bonds is 4. The fourth-order valence-electron chi connectivity index (χ4n) is 1.82. The van der Waals surface area contributed by atoms with Gasteiger partial charge >= 0.3 is 0 Å². The third-order valence-electron chi connectivity index (χ3n) is 2.71. The Morgan fingerprint density at radius 1 is 1.06 bits per heavy atom. The first-order valence-corrected chi connectivity index (χ1v) is 6.77. The second-order valence-electron chi connectivity index (χ2n) is 3.95. The van der Waals surface area contributed by atoms with Crippen molar-refractivity contribution in [2.45, 2.75) is 24.2 Å². The quantitative estimate of drug-likeness (QED) is 0.607. The molecule has 0 bridgehead atoms. The molecule has 1 aliphatic rings. The third-order valence-corrected chi connectivity index (χ3v) is 3.70. The molecule has 0 aliphatic carbocycles. The number of benzene rings is 1. The van der Waals surface area contributed by atoms with Crippen molar-refractivity contribution >= 4 is 23.6 Å². The topological polar surface area (TPSA) is 37.4 Å². The van der Waals surface area contributed by atoms with E-state index in [0.29, 0.717) is 25.8 Å². The number of likely N-dealkylation sites (tertiary alicyclic amines) is 1. The Kier molecular flexibility index (Phi) is 4.20. The van der Waals surface area contributed by atoms with E-state index in [1.165, 1.54) is 9.80 Å². The lowest BCUT2D eigenvalue weighted by Gasteiger charge is -2.24. The Morgan fingerprint density at radius 3 is 2.35 bits per heavy atom. The number of hydrogen-bond donors (Lipinski definition) is 0. The zero-order valence-electron chi connectivity index (χ0n) is 9.59. The van der Waals surface area contributed by atoms with Gasteiger partial charge < -0.3 is 0 Å². The molecule has 0 aromatic heterocycles. The van der Waals surface area contributed by atoms with Crippen molar-refractivity contribution in [1.29, 1.82) is 0 Å². The highest BCUT2D eigenvalue weighted by Gasteiger charge is 2.24. The van der Waals surface area contributed by atoms with Crippen LogP contribution in [0.25, 0.3) is 0 Å². The van der Waals surface area contributed by atoms with E-state index in [1.54, 1.807) is 11.8 Å². The van der Waals surface area contributed by atoms with Gasteiger partial charge in [0.2, 0.25) is 11.8 Å². The van der Waals surface area contributed by atoms with Gasteiger partial charge in [0.25, 0.3) is 0 Å². The molecule has 1 aromatic rings. The van der Waals surface area contributed by atoms with Gasteiger partial charge in [-0.05, 0) is 18.6 Å². The van der Waals surface area contributed by atoms with Crippen LogP contribution in [0.15, 0.2) is 35.2 Å². The Hall–Kier alpha value is -1.29. The van der Waals surface area contributed by atoms with Crippen LogP contribution in [0, 0.1) is 0 Å². The number of imide groups is 1. The van der Waals surface area contributed by atoms with Crippen LogP contribution in [0.1, 0.15) is 19.3 Å². The summed E-state index contributed by atoms with van der Waals surface area (Å²) in [6, 6.07) is 10.0. The highest BCUT2D eigenvalue weighted by Crippen LogP contribution is 2.18. The number of nitrogens with zero attached hydrogens (tertiary/aromatic N) is 1. The second kappa shape index (κ2) is 5.87. The maximum absolute atomic E-state index is 11.5. The molecule has 90 valence electrons. The molecule has 1 saturated heterocycles. The predicted octanol–water partition coefficient (Wildman–Crippen LogP) is 2.32. The molecule has 0 N–H and O–H groups in total. The lowest BCUT2D eigenvalue weighted by molar-refractivity contribution is -0.147. The van der Waals surface area contributed by atoms with Gasteiger partial charge in [0.1, 0.15) is 0 Å². The second-order valence-corrected chi connectivity index (χ2v) is 5.12. The van der Waals surface area contributed by atoms with Crippen LogP contribution in [-0.2, 0) is 9.59 Å². The van der Waals surface area contributed by atoms with Crippen LogP contribution in [0.4, 0.5) is 0 Å². The van der Waals surface area contributed by atoms with Crippen LogP contribution < -0.4 is 0 Å². The minimum atomic E-state index is -0.0186. The molecule has 3 nitrogen and oxygen atoms in total. The molecule has 0 unspecified atom stereocenters. The molecule has 0 atom stereocenters. The molecule has 1 aliphatic heterocycles. The summed E-state index contributed by atoms with van der Waals surface area (Å²) in [5.41, 5.74) is 0. The number of piperidine rings is 1. The molecular weight excluding hydrogens is 234 g/mol. The van der Waals surface area contributed by atoms with Crippen molar-refractivity contribution in [3.63, 3.8) is 0 Å². The van der Waals surface area contributed by atoms with E-state index in [2.05, 4.69) is 0 Å². The molecule has 1 fully saturated rings. The average Bonchev–Trinajstić information content (AvgIpc) is 2.34. The van der Waals surface area contributed by atoms with Crippen molar-refractivity contribution in [3.05, 3.63) is 30.3 Å². The molecule has 1 heterocycles. The van der Waals surface area contributed by atoms with Gasteiger partial charge in [-0.3, -0.25) is 14.5 Å². The van der Waals surface area contributed by atoms with Crippen LogP contribution in [0.3, 0.4) is 0 Å². The van der Waals surface area contributed by atoms with Crippen LogP contribution in [0.5, 0.6) is 0 Å². The summed E-state index contributed by atoms with van der Waals surface area (Å²) in [4.78, 5) is 25.7. The lowest BCUT2D eigenvalue weighted by atomic mass is 10.1. The highest BCUT2D eigenvalue weighted by atomic mass is 32.2. The molecule has 0 spiro atoms. The molecule has 4 heteroatoms. The van der Waals surface area contributed by atoms with Gasteiger partial charge in [-0.25, -0.2) is 0 Å². The molecular formula is C13H15NO2S. The number of carbonyl (C=O) groups excluding carboxylic acids is 2. The van der Waals surface area contributed by atoms with E-state index in [1.807, 2.05) is 30.3 Å². The first-order chi connectivity index (χ1) is 8.27. The number of carbonyl (C=O) groups is 2. The van der Waals surface area contributed by atoms with E-state index >= 15 is 0 Å². The van der Waals surface area contributed by atoms with Gasteiger partial charge in [0.15, 0.2) is 0 Å². The van der Waals surface area contributed by atoms with E-state index in [4.69, 9.17) is 0 Å². The summed E-state index contributed by atoms with van der Waals surface area (Å²) in [6.07, 6.45) is 1.74. The van der Waals surface area contributed by atoms with Gasteiger partial charge in [-0.2, -0.15) is 0 Å². The number of hydrogen-bond acceptors (Lipinski definition) is 3. The molecule has 0 radical (unpaired) electrons. The largest absolute Gasteiger partial charge is 0.282 e. The first-order valence-electron chi connectivity index (χ1n) is 5.78. The van der Waals surface area contributed by atoms with E-state index in [9.17, 15) is 9.59 Å².